The summed E-state index contributed by atoms with van der Waals surface area (Å²) >= 11 is 0. The molecule has 1 fully saturated rings. The van der Waals surface area contributed by atoms with Crippen LogP contribution >= 0.6 is 0 Å². The monoisotopic (exact) mass is 215 g/mol. The summed E-state index contributed by atoms with van der Waals surface area (Å²) in [6.45, 7) is 1.05. The summed E-state index contributed by atoms with van der Waals surface area (Å²) in [5, 5.41) is 3.43. The van der Waals surface area contributed by atoms with Gasteiger partial charge in [-0.1, -0.05) is 0 Å². The van der Waals surface area contributed by atoms with Gasteiger partial charge >= 0.3 is 0 Å². The van der Waals surface area contributed by atoms with Crippen molar-refractivity contribution in [1.82, 2.24) is 25.3 Å². The fourth-order valence-electron chi connectivity index (χ4n) is 2.10. The maximum absolute atomic E-state index is 4.43. The van der Waals surface area contributed by atoms with Crippen molar-refractivity contribution in [3.63, 3.8) is 0 Å². The van der Waals surface area contributed by atoms with Crippen molar-refractivity contribution in [3.05, 3.63) is 30.5 Å². The molecule has 2 aromatic heterocycles. The molecule has 2 N–H and O–H groups in total. The lowest BCUT2D eigenvalue weighted by atomic mass is 10.1. The van der Waals surface area contributed by atoms with E-state index in [0.29, 0.717) is 6.04 Å². The van der Waals surface area contributed by atoms with Crippen molar-refractivity contribution in [3.8, 4) is 11.5 Å². The summed E-state index contributed by atoms with van der Waals surface area (Å²) in [6.07, 6.45) is 9.29. The SMILES string of the molecule is c1c[nH]c(-c2nccnc2[C@@H]2CCCN2)n1. The van der Waals surface area contributed by atoms with Gasteiger partial charge in [0, 0.05) is 24.8 Å². The Balaban J connectivity index is 2.04. The molecule has 0 radical (unpaired) electrons. The number of nitrogens with one attached hydrogen (secondary N) is 2. The van der Waals surface area contributed by atoms with Gasteiger partial charge in [-0.15, -0.1) is 0 Å². The summed E-state index contributed by atoms with van der Waals surface area (Å²) in [4.78, 5) is 16.1. The van der Waals surface area contributed by atoms with Gasteiger partial charge in [-0.05, 0) is 19.4 Å². The van der Waals surface area contributed by atoms with Crippen LogP contribution in [-0.2, 0) is 0 Å². The summed E-state index contributed by atoms with van der Waals surface area (Å²) in [7, 11) is 0. The van der Waals surface area contributed by atoms with Gasteiger partial charge in [-0.3, -0.25) is 4.98 Å². The lowest BCUT2D eigenvalue weighted by molar-refractivity contribution is 0.625. The first-order valence-corrected chi connectivity index (χ1v) is 5.49. The number of imidazole rings is 1. The van der Waals surface area contributed by atoms with Gasteiger partial charge in [0.25, 0.3) is 0 Å². The number of hydrogen-bond donors (Lipinski definition) is 2. The number of hydrogen-bond acceptors (Lipinski definition) is 4. The van der Waals surface area contributed by atoms with Crippen LogP contribution in [0.5, 0.6) is 0 Å². The van der Waals surface area contributed by atoms with Crippen molar-refractivity contribution >= 4 is 0 Å². The van der Waals surface area contributed by atoms with E-state index in [1.54, 1.807) is 24.8 Å². The van der Waals surface area contributed by atoms with Crippen LogP contribution < -0.4 is 5.32 Å². The van der Waals surface area contributed by atoms with Gasteiger partial charge < -0.3 is 10.3 Å². The van der Waals surface area contributed by atoms with Crippen LogP contribution in [0.15, 0.2) is 24.8 Å². The van der Waals surface area contributed by atoms with Crippen molar-refractivity contribution in [2.75, 3.05) is 6.54 Å². The molecule has 0 saturated carbocycles. The van der Waals surface area contributed by atoms with Crippen molar-refractivity contribution in [2.24, 2.45) is 0 Å². The van der Waals surface area contributed by atoms with Crippen molar-refractivity contribution in [1.29, 1.82) is 0 Å². The minimum absolute atomic E-state index is 0.314. The van der Waals surface area contributed by atoms with E-state index in [0.717, 1.165) is 30.2 Å². The van der Waals surface area contributed by atoms with E-state index in [-0.39, 0.29) is 0 Å². The zero-order valence-electron chi connectivity index (χ0n) is 8.85. The van der Waals surface area contributed by atoms with Crippen LogP contribution in [0.25, 0.3) is 11.5 Å². The minimum atomic E-state index is 0.314. The largest absolute Gasteiger partial charge is 0.343 e. The molecule has 1 aliphatic rings. The summed E-state index contributed by atoms with van der Waals surface area (Å²) < 4.78 is 0. The fourth-order valence-corrected chi connectivity index (χ4v) is 2.10. The first-order valence-electron chi connectivity index (χ1n) is 5.49. The number of aromatic nitrogens is 4. The predicted octanol–water partition coefficient (Wildman–Crippen LogP) is 1.29. The normalized spacial score (nSPS) is 20.1. The highest BCUT2D eigenvalue weighted by molar-refractivity contribution is 5.52. The molecule has 0 aliphatic carbocycles. The zero-order chi connectivity index (χ0) is 10.8. The quantitative estimate of drug-likeness (QED) is 0.792. The molecule has 0 unspecified atom stereocenters. The van der Waals surface area contributed by atoms with Crippen molar-refractivity contribution in [2.45, 2.75) is 18.9 Å². The van der Waals surface area contributed by atoms with Crippen LogP contribution in [0.3, 0.4) is 0 Å². The Morgan fingerprint density at radius 2 is 2.06 bits per heavy atom. The first kappa shape index (κ1) is 9.47. The molecule has 0 aromatic carbocycles. The van der Waals surface area contributed by atoms with E-state index in [2.05, 4.69) is 25.3 Å². The second-order valence-corrected chi connectivity index (χ2v) is 3.88. The number of rotatable bonds is 2. The Morgan fingerprint density at radius 3 is 2.81 bits per heavy atom. The first-order chi connectivity index (χ1) is 7.95. The lowest BCUT2D eigenvalue weighted by Crippen LogP contribution is -2.16. The van der Waals surface area contributed by atoms with Crippen LogP contribution in [-0.4, -0.2) is 26.5 Å². The Hall–Kier alpha value is -1.75. The van der Waals surface area contributed by atoms with Crippen LogP contribution in [0, 0.1) is 0 Å². The molecule has 82 valence electrons. The van der Waals surface area contributed by atoms with Gasteiger partial charge in [-0.25, -0.2) is 9.97 Å². The van der Waals surface area contributed by atoms with Crippen LogP contribution in [0.2, 0.25) is 0 Å². The molecule has 16 heavy (non-hydrogen) atoms. The minimum Gasteiger partial charge on any atom is -0.343 e. The third kappa shape index (κ3) is 1.59. The van der Waals surface area contributed by atoms with Gasteiger partial charge in [0.15, 0.2) is 5.82 Å². The van der Waals surface area contributed by atoms with E-state index in [9.17, 15) is 0 Å². The third-order valence-electron chi connectivity index (χ3n) is 2.84. The van der Waals surface area contributed by atoms with E-state index in [1.807, 2.05) is 0 Å². The second-order valence-electron chi connectivity index (χ2n) is 3.88. The predicted molar refractivity (Wildman–Crippen MR) is 59.6 cm³/mol. The molecular formula is C11H13N5. The van der Waals surface area contributed by atoms with Crippen LogP contribution in [0.4, 0.5) is 0 Å². The zero-order valence-corrected chi connectivity index (χ0v) is 8.85. The maximum atomic E-state index is 4.43. The highest BCUT2D eigenvalue weighted by Crippen LogP contribution is 2.27. The highest BCUT2D eigenvalue weighted by Gasteiger charge is 2.22. The molecule has 2 aromatic rings. The average Bonchev–Trinajstić information content (AvgIpc) is 3.03. The number of aromatic amines is 1. The molecule has 1 atom stereocenters. The molecule has 3 rings (SSSR count). The summed E-state index contributed by atoms with van der Waals surface area (Å²) in [6, 6.07) is 0.314. The van der Waals surface area contributed by atoms with Gasteiger partial charge in [0.1, 0.15) is 5.69 Å². The number of nitrogens with zero attached hydrogens (tertiary/aromatic N) is 3. The Bertz CT molecular complexity index is 459. The molecule has 0 amide bonds. The van der Waals surface area contributed by atoms with E-state index in [1.165, 1.54) is 6.42 Å². The third-order valence-corrected chi connectivity index (χ3v) is 2.84. The molecule has 0 bridgehead atoms. The Kier molecular flexibility index (Phi) is 2.38. The Labute approximate surface area is 93.4 Å². The molecule has 5 nitrogen and oxygen atoms in total. The van der Waals surface area contributed by atoms with Gasteiger partial charge in [-0.2, -0.15) is 0 Å². The topological polar surface area (TPSA) is 66.5 Å². The van der Waals surface area contributed by atoms with E-state index < -0.39 is 0 Å². The standard InChI is InChI=1S/C11H13N5/c1-2-8(12-3-1)9-10(14-5-4-13-9)11-15-6-7-16-11/h4-8,12H,1-3H2,(H,15,16)/t8-/m0/s1. The summed E-state index contributed by atoms with van der Waals surface area (Å²) in [5.74, 6) is 0.789. The molecule has 1 saturated heterocycles. The second kappa shape index (κ2) is 4.02. The highest BCUT2D eigenvalue weighted by atomic mass is 15.0. The smallest absolute Gasteiger partial charge is 0.157 e. The summed E-state index contributed by atoms with van der Waals surface area (Å²) in [5.41, 5.74) is 1.85. The Morgan fingerprint density at radius 1 is 1.12 bits per heavy atom. The van der Waals surface area contributed by atoms with Crippen molar-refractivity contribution < 1.29 is 0 Å². The molecule has 0 spiro atoms. The molecule has 5 heteroatoms. The van der Waals surface area contributed by atoms with E-state index >= 15 is 0 Å². The molecule has 3 heterocycles. The number of H-pyrrole nitrogens is 1. The van der Waals surface area contributed by atoms with E-state index in [4.69, 9.17) is 0 Å². The molecule has 1 aliphatic heterocycles. The molecular weight excluding hydrogens is 202 g/mol. The maximum Gasteiger partial charge on any atom is 0.157 e. The van der Waals surface area contributed by atoms with Gasteiger partial charge in [0.05, 0.1) is 11.7 Å². The van der Waals surface area contributed by atoms with Gasteiger partial charge in [0.2, 0.25) is 0 Å². The van der Waals surface area contributed by atoms with Crippen LogP contribution in [0.1, 0.15) is 24.6 Å². The lowest BCUT2D eigenvalue weighted by Gasteiger charge is -2.11. The fraction of sp³-hybridized carbons (Fsp3) is 0.364. The average molecular weight is 215 g/mol.